The lowest BCUT2D eigenvalue weighted by Crippen LogP contribution is -2.26. The van der Waals surface area contributed by atoms with E-state index in [-0.39, 0.29) is 5.60 Å². The van der Waals surface area contributed by atoms with E-state index < -0.39 is 0 Å². The van der Waals surface area contributed by atoms with Gasteiger partial charge >= 0.3 is 0 Å². The molecule has 104 valence electrons. The SMILES string of the molecule is CCCc1nc(CC(C)(C)OC)c(N)n1CCC. The Bertz CT molecular complexity index is 383. The molecule has 0 spiro atoms. The lowest BCUT2D eigenvalue weighted by Gasteiger charge is -2.21. The van der Waals surface area contributed by atoms with Gasteiger partial charge in [0.25, 0.3) is 0 Å². The number of hydrogen-bond acceptors (Lipinski definition) is 3. The van der Waals surface area contributed by atoms with Crippen LogP contribution in [0.15, 0.2) is 0 Å². The Kier molecular flexibility index (Phi) is 5.20. The normalized spacial score (nSPS) is 12.1. The first-order chi connectivity index (χ1) is 8.45. The van der Waals surface area contributed by atoms with E-state index in [0.717, 1.165) is 49.6 Å². The molecule has 0 aliphatic heterocycles. The third-order valence-corrected chi connectivity index (χ3v) is 3.23. The quantitative estimate of drug-likeness (QED) is 0.813. The van der Waals surface area contributed by atoms with Gasteiger partial charge in [-0.2, -0.15) is 0 Å². The molecular weight excluding hydrogens is 226 g/mol. The van der Waals surface area contributed by atoms with E-state index in [1.54, 1.807) is 7.11 Å². The molecule has 1 aromatic heterocycles. The summed E-state index contributed by atoms with van der Waals surface area (Å²) in [5.74, 6) is 1.92. The maximum Gasteiger partial charge on any atom is 0.126 e. The summed E-state index contributed by atoms with van der Waals surface area (Å²) in [6.45, 7) is 9.39. The summed E-state index contributed by atoms with van der Waals surface area (Å²) in [6.07, 6.45) is 3.90. The van der Waals surface area contributed by atoms with Gasteiger partial charge in [0.1, 0.15) is 11.6 Å². The first kappa shape index (κ1) is 15.0. The van der Waals surface area contributed by atoms with E-state index >= 15 is 0 Å². The minimum atomic E-state index is -0.219. The molecule has 0 unspecified atom stereocenters. The Balaban J connectivity index is 3.02. The molecule has 1 aromatic rings. The molecule has 0 aliphatic carbocycles. The maximum atomic E-state index is 6.23. The van der Waals surface area contributed by atoms with Gasteiger partial charge in [-0.25, -0.2) is 4.98 Å². The molecule has 0 aliphatic rings. The van der Waals surface area contributed by atoms with Crippen LogP contribution in [0.3, 0.4) is 0 Å². The van der Waals surface area contributed by atoms with E-state index in [0.29, 0.717) is 0 Å². The van der Waals surface area contributed by atoms with Crippen LogP contribution >= 0.6 is 0 Å². The Hall–Kier alpha value is -1.03. The van der Waals surface area contributed by atoms with Crippen molar-refractivity contribution in [1.29, 1.82) is 0 Å². The van der Waals surface area contributed by atoms with Gasteiger partial charge in [0.2, 0.25) is 0 Å². The van der Waals surface area contributed by atoms with E-state index in [4.69, 9.17) is 15.5 Å². The number of nitrogen functional groups attached to an aromatic ring is 1. The number of anilines is 1. The van der Waals surface area contributed by atoms with E-state index in [9.17, 15) is 0 Å². The second-order valence-electron chi connectivity index (χ2n) is 5.40. The molecule has 0 atom stereocenters. The summed E-state index contributed by atoms with van der Waals surface area (Å²) in [5.41, 5.74) is 6.98. The average molecular weight is 253 g/mol. The number of imidazole rings is 1. The molecule has 0 fully saturated rings. The second kappa shape index (κ2) is 6.23. The van der Waals surface area contributed by atoms with Crippen LogP contribution in [0, 0.1) is 0 Å². The molecule has 1 heterocycles. The van der Waals surface area contributed by atoms with Crippen molar-refractivity contribution in [3.8, 4) is 0 Å². The topological polar surface area (TPSA) is 53.1 Å². The van der Waals surface area contributed by atoms with Crippen LogP contribution < -0.4 is 5.73 Å². The van der Waals surface area contributed by atoms with Crippen LogP contribution in [0.1, 0.15) is 52.1 Å². The van der Waals surface area contributed by atoms with Crippen molar-refractivity contribution in [3.63, 3.8) is 0 Å². The minimum absolute atomic E-state index is 0.219. The van der Waals surface area contributed by atoms with Crippen LogP contribution in [0.2, 0.25) is 0 Å². The minimum Gasteiger partial charge on any atom is -0.384 e. The number of nitrogens with two attached hydrogens (primary N) is 1. The monoisotopic (exact) mass is 253 g/mol. The third-order valence-electron chi connectivity index (χ3n) is 3.23. The van der Waals surface area contributed by atoms with Crippen LogP contribution in [-0.4, -0.2) is 22.3 Å². The van der Waals surface area contributed by atoms with Crippen LogP contribution in [0.4, 0.5) is 5.82 Å². The molecule has 18 heavy (non-hydrogen) atoms. The Labute approximate surface area is 111 Å². The molecule has 4 nitrogen and oxygen atoms in total. The van der Waals surface area contributed by atoms with E-state index in [2.05, 4.69) is 32.3 Å². The Morgan fingerprint density at radius 3 is 2.44 bits per heavy atom. The zero-order valence-corrected chi connectivity index (χ0v) is 12.4. The fourth-order valence-corrected chi connectivity index (χ4v) is 2.06. The van der Waals surface area contributed by atoms with Crippen molar-refractivity contribution in [3.05, 3.63) is 11.5 Å². The van der Waals surface area contributed by atoms with Crippen molar-refractivity contribution in [1.82, 2.24) is 9.55 Å². The van der Waals surface area contributed by atoms with Crippen molar-refractivity contribution in [2.45, 2.75) is 65.5 Å². The number of aryl methyl sites for hydroxylation is 1. The standard InChI is InChI=1S/C14H27N3O/c1-6-8-12-16-11(10-14(3,4)18-5)13(15)17(12)9-7-2/h6-10,15H2,1-5H3. The van der Waals surface area contributed by atoms with Crippen LogP contribution in [0.25, 0.3) is 0 Å². The van der Waals surface area contributed by atoms with Crippen LogP contribution in [-0.2, 0) is 24.1 Å². The summed E-state index contributed by atoms with van der Waals surface area (Å²) in [6, 6.07) is 0. The van der Waals surface area contributed by atoms with Crippen molar-refractivity contribution in [2.75, 3.05) is 12.8 Å². The third kappa shape index (κ3) is 3.48. The van der Waals surface area contributed by atoms with Crippen molar-refractivity contribution < 1.29 is 4.74 Å². The van der Waals surface area contributed by atoms with Crippen molar-refractivity contribution >= 4 is 5.82 Å². The molecule has 0 saturated carbocycles. The lowest BCUT2D eigenvalue weighted by atomic mass is 10.0. The van der Waals surface area contributed by atoms with Gasteiger partial charge < -0.3 is 15.0 Å². The number of hydrogen-bond donors (Lipinski definition) is 1. The summed E-state index contributed by atoms with van der Waals surface area (Å²) in [7, 11) is 1.73. The largest absolute Gasteiger partial charge is 0.384 e. The summed E-state index contributed by atoms with van der Waals surface area (Å²) in [5, 5.41) is 0. The number of rotatable bonds is 7. The molecule has 2 N–H and O–H groups in total. The zero-order chi connectivity index (χ0) is 13.8. The second-order valence-corrected chi connectivity index (χ2v) is 5.40. The summed E-state index contributed by atoms with van der Waals surface area (Å²) in [4.78, 5) is 4.71. The molecule has 0 amide bonds. The lowest BCUT2D eigenvalue weighted by molar-refractivity contribution is 0.0226. The van der Waals surface area contributed by atoms with Gasteiger partial charge in [-0.15, -0.1) is 0 Å². The number of methoxy groups -OCH3 is 1. The van der Waals surface area contributed by atoms with Crippen molar-refractivity contribution in [2.24, 2.45) is 0 Å². The summed E-state index contributed by atoms with van der Waals surface area (Å²) >= 11 is 0. The van der Waals surface area contributed by atoms with Gasteiger partial charge in [-0.1, -0.05) is 13.8 Å². The number of aromatic nitrogens is 2. The predicted octanol–water partition coefficient (Wildman–Crippen LogP) is 2.80. The number of nitrogens with zero attached hydrogens (tertiary/aromatic N) is 2. The molecule has 0 radical (unpaired) electrons. The Morgan fingerprint density at radius 1 is 1.28 bits per heavy atom. The smallest absolute Gasteiger partial charge is 0.126 e. The predicted molar refractivity (Wildman–Crippen MR) is 75.7 cm³/mol. The molecule has 0 aromatic carbocycles. The molecule has 4 heteroatoms. The van der Waals surface area contributed by atoms with Gasteiger partial charge in [-0.3, -0.25) is 0 Å². The average Bonchev–Trinajstić information content (AvgIpc) is 2.58. The molecule has 0 saturated heterocycles. The highest BCUT2D eigenvalue weighted by atomic mass is 16.5. The molecular formula is C14H27N3O. The highest BCUT2D eigenvalue weighted by Crippen LogP contribution is 2.23. The maximum absolute atomic E-state index is 6.23. The highest BCUT2D eigenvalue weighted by Gasteiger charge is 2.23. The Morgan fingerprint density at radius 2 is 1.94 bits per heavy atom. The fraction of sp³-hybridized carbons (Fsp3) is 0.786. The summed E-state index contributed by atoms with van der Waals surface area (Å²) < 4.78 is 7.62. The van der Waals surface area contributed by atoms with Gasteiger partial charge in [0.05, 0.1) is 11.3 Å². The van der Waals surface area contributed by atoms with Gasteiger partial charge in [-0.05, 0) is 26.7 Å². The highest BCUT2D eigenvalue weighted by molar-refractivity contribution is 5.39. The molecule has 1 rings (SSSR count). The zero-order valence-electron chi connectivity index (χ0n) is 12.4. The number of ether oxygens (including phenoxy) is 1. The first-order valence-corrected chi connectivity index (χ1v) is 6.84. The van der Waals surface area contributed by atoms with Gasteiger partial charge in [0.15, 0.2) is 0 Å². The first-order valence-electron chi connectivity index (χ1n) is 6.84. The van der Waals surface area contributed by atoms with Crippen LogP contribution in [0.5, 0.6) is 0 Å². The van der Waals surface area contributed by atoms with E-state index in [1.807, 2.05) is 0 Å². The van der Waals surface area contributed by atoms with Gasteiger partial charge in [0, 0.05) is 26.5 Å². The fourth-order valence-electron chi connectivity index (χ4n) is 2.06. The van der Waals surface area contributed by atoms with E-state index in [1.165, 1.54) is 0 Å². The molecule has 0 bridgehead atoms.